The molecule has 4 aromatic carbocycles. The minimum absolute atomic E-state index is 0.0519. The third kappa shape index (κ3) is 6.81. The van der Waals surface area contributed by atoms with E-state index in [1.165, 1.54) is 0 Å². The van der Waals surface area contributed by atoms with Crippen LogP contribution in [-0.2, 0) is 24.5 Å². The Balaban J connectivity index is 1.33. The maximum atomic E-state index is 13.4. The van der Waals surface area contributed by atoms with E-state index in [0.29, 0.717) is 19.7 Å². The maximum Gasteiger partial charge on any atom is 0.221 e. The lowest BCUT2D eigenvalue weighted by molar-refractivity contribution is -0.121. The summed E-state index contributed by atoms with van der Waals surface area (Å²) in [5, 5.41) is 4.16. The van der Waals surface area contributed by atoms with E-state index in [0.717, 1.165) is 50.4 Å². The second-order valence-corrected chi connectivity index (χ2v) is 10.5. The second kappa shape index (κ2) is 13.2. The van der Waals surface area contributed by atoms with E-state index in [1.807, 2.05) is 66.7 Å². The Morgan fingerprint density at radius 1 is 0.837 bits per heavy atom. The van der Waals surface area contributed by atoms with Crippen LogP contribution >= 0.6 is 0 Å². The summed E-state index contributed by atoms with van der Waals surface area (Å²) in [6, 6.07) is 38.4. The minimum atomic E-state index is -0.195. The standard InChI is InChI=1S/C37H34N2O4/c1-41-30-18-16-27(17-19-30)24-39-25-35(33-14-5-6-15-36(33)39)34(22-37(40)38-23-32-13-8-20-42-32)29-11-7-12-31(21-29)43-26-28-9-3-2-4-10-28/h2-21,25,34H,22-24,26H2,1H3,(H,38,40)/t34-/m0/s1. The van der Waals surface area contributed by atoms with E-state index >= 15 is 0 Å². The molecule has 0 radical (unpaired) electrons. The Bertz CT molecular complexity index is 1770. The van der Waals surface area contributed by atoms with Gasteiger partial charge in [-0.3, -0.25) is 4.79 Å². The zero-order valence-electron chi connectivity index (χ0n) is 24.1. The van der Waals surface area contributed by atoms with Crippen LogP contribution < -0.4 is 14.8 Å². The van der Waals surface area contributed by atoms with Crippen molar-refractivity contribution in [2.24, 2.45) is 0 Å². The molecule has 0 aliphatic rings. The molecule has 43 heavy (non-hydrogen) atoms. The van der Waals surface area contributed by atoms with E-state index in [1.54, 1.807) is 13.4 Å². The van der Waals surface area contributed by atoms with Gasteiger partial charge < -0.3 is 23.8 Å². The Labute approximate surface area is 251 Å². The number of para-hydroxylation sites is 1. The quantitative estimate of drug-likeness (QED) is 0.164. The van der Waals surface area contributed by atoms with Crippen LogP contribution in [0.1, 0.15) is 40.4 Å². The van der Waals surface area contributed by atoms with Gasteiger partial charge in [0, 0.05) is 36.0 Å². The van der Waals surface area contributed by atoms with E-state index in [9.17, 15) is 4.79 Å². The number of furan rings is 1. The number of carbonyl (C=O) groups is 1. The van der Waals surface area contributed by atoms with Gasteiger partial charge in [-0.25, -0.2) is 0 Å². The monoisotopic (exact) mass is 570 g/mol. The Hall–Kier alpha value is -5.23. The van der Waals surface area contributed by atoms with Crippen molar-refractivity contribution >= 4 is 16.8 Å². The van der Waals surface area contributed by atoms with Crippen LogP contribution in [0.15, 0.2) is 132 Å². The van der Waals surface area contributed by atoms with E-state index in [4.69, 9.17) is 13.9 Å². The number of benzene rings is 4. The number of fused-ring (bicyclic) bond motifs is 1. The predicted molar refractivity (Wildman–Crippen MR) is 168 cm³/mol. The molecule has 1 N–H and O–H groups in total. The normalized spacial score (nSPS) is 11.7. The van der Waals surface area contributed by atoms with Crippen LogP contribution in [0.3, 0.4) is 0 Å². The number of aromatic nitrogens is 1. The maximum absolute atomic E-state index is 13.4. The van der Waals surface area contributed by atoms with Crippen LogP contribution in [0.4, 0.5) is 0 Å². The van der Waals surface area contributed by atoms with Gasteiger partial charge in [-0.2, -0.15) is 0 Å². The molecule has 216 valence electrons. The van der Waals surface area contributed by atoms with Crippen molar-refractivity contribution < 1.29 is 18.7 Å². The van der Waals surface area contributed by atoms with Gasteiger partial charge in [-0.15, -0.1) is 0 Å². The average Bonchev–Trinajstić information content (AvgIpc) is 3.71. The molecule has 2 heterocycles. The van der Waals surface area contributed by atoms with Crippen molar-refractivity contribution in [1.82, 2.24) is 9.88 Å². The molecule has 0 aliphatic carbocycles. The van der Waals surface area contributed by atoms with E-state index in [2.05, 4.69) is 64.6 Å². The topological polar surface area (TPSA) is 65.6 Å². The van der Waals surface area contributed by atoms with Gasteiger partial charge in [-0.1, -0.05) is 72.8 Å². The lowest BCUT2D eigenvalue weighted by Crippen LogP contribution is -2.24. The summed E-state index contributed by atoms with van der Waals surface area (Å²) < 4.78 is 19.2. The summed E-state index contributed by atoms with van der Waals surface area (Å²) in [5.74, 6) is 2.07. The summed E-state index contributed by atoms with van der Waals surface area (Å²) in [6.07, 6.45) is 4.08. The Morgan fingerprint density at radius 3 is 2.44 bits per heavy atom. The van der Waals surface area contributed by atoms with Gasteiger partial charge >= 0.3 is 0 Å². The molecule has 0 unspecified atom stereocenters. The molecule has 0 bridgehead atoms. The second-order valence-electron chi connectivity index (χ2n) is 10.5. The summed E-state index contributed by atoms with van der Waals surface area (Å²) in [6.45, 7) is 1.51. The van der Waals surface area contributed by atoms with Gasteiger partial charge in [0.15, 0.2) is 0 Å². The van der Waals surface area contributed by atoms with Crippen LogP contribution in [0.5, 0.6) is 11.5 Å². The molecular weight excluding hydrogens is 536 g/mol. The van der Waals surface area contributed by atoms with Crippen LogP contribution in [-0.4, -0.2) is 17.6 Å². The van der Waals surface area contributed by atoms with Gasteiger partial charge in [-0.05, 0) is 64.7 Å². The molecule has 2 aromatic heterocycles. The van der Waals surface area contributed by atoms with Crippen LogP contribution in [0.25, 0.3) is 10.9 Å². The minimum Gasteiger partial charge on any atom is -0.497 e. The summed E-state index contributed by atoms with van der Waals surface area (Å²) >= 11 is 0. The molecular formula is C37H34N2O4. The first kappa shape index (κ1) is 27.9. The average molecular weight is 571 g/mol. The zero-order valence-corrected chi connectivity index (χ0v) is 24.1. The van der Waals surface area contributed by atoms with Crippen molar-refractivity contribution in [2.75, 3.05) is 7.11 Å². The number of hydrogen-bond acceptors (Lipinski definition) is 4. The highest BCUT2D eigenvalue weighted by Gasteiger charge is 2.23. The van der Waals surface area contributed by atoms with Gasteiger partial charge in [0.2, 0.25) is 5.91 Å². The third-order valence-electron chi connectivity index (χ3n) is 7.64. The first-order valence-corrected chi connectivity index (χ1v) is 14.4. The SMILES string of the molecule is COc1ccc(Cn2cc([C@@H](CC(=O)NCc3ccco3)c3cccc(OCc4ccccc4)c3)c3ccccc32)cc1. The number of nitrogens with one attached hydrogen (secondary N) is 1. The lowest BCUT2D eigenvalue weighted by atomic mass is 9.88. The zero-order chi connectivity index (χ0) is 29.4. The first-order chi connectivity index (χ1) is 21.2. The molecule has 0 aliphatic heterocycles. The van der Waals surface area contributed by atoms with Gasteiger partial charge in [0.05, 0.1) is 19.9 Å². The number of methoxy groups -OCH3 is 1. The first-order valence-electron chi connectivity index (χ1n) is 14.4. The molecule has 1 atom stereocenters. The molecule has 0 saturated carbocycles. The molecule has 0 fully saturated rings. The number of hydrogen-bond donors (Lipinski definition) is 1. The molecule has 0 spiro atoms. The highest BCUT2D eigenvalue weighted by Crippen LogP contribution is 2.36. The predicted octanol–water partition coefficient (Wildman–Crippen LogP) is 7.71. The van der Waals surface area contributed by atoms with Gasteiger partial charge in [0.1, 0.15) is 23.9 Å². The van der Waals surface area contributed by atoms with E-state index in [-0.39, 0.29) is 18.2 Å². The smallest absolute Gasteiger partial charge is 0.221 e. The molecule has 6 aromatic rings. The third-order valence-corrected chi connectivity index (χ3v) is 7.64. The van der Waals surface area contributed by atoms with Crippen molar-refractivity contribution in [3.63, 3.8) is 0 Å². The molecule has 1 amide bonds. The Morgan fingerprint density at radius 2 is 1.65 bits per heavy atom. The highest BCUT2D eigenvalue weighted by atomic mass is 16.5. The van der Waals surface area contributed by atoms with Crippen molar-refractivity contribution in [2.45, 2.75) is 32.0 Å². The van der Waals surface area contributed by atoms with Gasteiger partial charge in [0.25, 0.3) is 0 Å². The number of amides is 1. The Kier molecular flexibility index (Phi) is 8.55. The van der Waals surface area contributed by atoms with Crippen LogP contribution in [0.2, 0.25) is 0 Å². The fraction of sp³-hybridized carbons (Fsp3) is 0.162. The molecule has 6 rings (SSSR count). The van der Waals surface area contributed by atoms with Crippen LogP contribution in [0, 0.1) is 0 Å². The fourth-order valence-corrected chi connectivity index (χ4v) is 5.44. The fourth-order valence-electron chi connectivity index (χ4n) is 5.44. The number of nitrogens with zero attached hydrogens (tertiary/aromatic N) is 1. The molecule has 0 saturated heterocycles. The molecule has 6 nitrogen and oxygen atoms in total. The number of rotatable bonds is 12. The molecule has 6 heteroatoms. The lowest BCUT2D eigenvalue weighted by Gasteiger charge is -2.18. The summed E-state index contributed by atoms with van der Waals surface area (Å²) in [4.78, 5) is 13.4. The highest BCUT2D eigenvalue weighted by molar-refractivity contribution is 5.87. The summed E-state index contributed by atoms with van der Waals surface area (Å²) in [7, 11) is 1.67. The van der Waals surface area contributed by atoms with Crippen molar-refractivity contribution in [3.05, 3.63) is 156 Å². The largest absolute Gasteiger partial charge is 0.497 e. The van der Waals surface area contributed by atoms with Crippen molar-refractivity contribution in [1.29, 1.82) is 0 Å². The van der Waals surface area contributed by atoms with Crippen molar-refractivity contribution in [3.8, 4) is 11.5 Å². The number of carbonyl (C=O) groups excluding carboxylic acids is 1. The summed E-state index contributed by atoms with van der Waals surface area (Å²) in [5.41, 5.74) is 5.50. The van der Waals surface area contributed by atoms with E-state index < -0.39 is 0 Å². The number of ether oxygens (including phenoxy) is 2.